The van der Waals surface area contributed by atoms with Crippen LogP contribution in [0.1, 0.15) is 64.0 Å². The topological polar surface area (TPSA) is 47.0 Å². The summed E-state index contributed by atoms with van der Waals surface area (Å²) in [7, 11) is 0. The fourth-order valence-electron chi connectivity index (χ4n) is 3.06. The molecule has 0 radical (unpaired) electrons. The Balaban J connectivity index is 2.47. The van der Waals surface area contributed by atoms with Crippen LogP contribution in [0.4, 0.5) is 5.82 Å². The van der Waals surface area contributed by atoms with Gasteiger partial charge in [-0.15, -0.1) is 0 Å². The van der Waals surface area contributed by atoms with Crippen molar-refractivity contribution in [3.63, 3.8) is 0 Å². The molecule has 0 bridgehead atoms. The number of ether oxygens (including phenoxy) is 1. The van der Waals surface area contributed by atoms with Crippen molar-refractivity contribution in [1.82, 2.24) is 9.97 Å². The molecule has 1 aromatic rings. The lowest BCUT2D eigenvalue weighted by atomic mass is 9.95. The Labute approximate surface area is 122 Å². The highest BCUT2D eigenvalue weighted by molar-refractivity contribution is 5.49. The summed E-state index contributed by atoms with van der Waals surface area (Å²) in [5.74, 6) is 1.89. The van der Waals surface area contributed by atoms with Gasteiger partial charge >= 0.3 is 0 Å². The van der Waals surface area contributed by atoms with Crippen LogP contribution in [0.2, 0.25) is 0 Å². The van der Waals surface area contributed by atoms with E-state index in [1.54, 1.807) is 0 Å². The van der Waals surface area contributed by atoms with Gasteiger partial charge in [0, 0.05) is 24.4 Å². The predicted molar refractivity (Wildman–Crippen MR) is 82.1 cm³/mol. The first-order valence-corrected chi connectivity index (χ1v) is 7.98. The molecule has 112 valence electrons. The molecule has 2 rings (SSSR count). The van der Waals surface area contributed by atoms with E-state index in [2.05, 4.69) is 26.1 Å². The van der Waals surface area contributed by atoms with Crippen LogP contribution in [0, 0.1) is 0 Å². The van der Waals surface area contributed by atoms with Crippen molar-refractivity contribution in [1.29, 1.82) is 0 Å². The maximum Gasteiger partial charge on any atom is 0.162 e. The first kappa shape index (κ1) is 15.2. The minimum Gasteiger partial charge on any atom is -0.370 e. The Bertz CT molecular complexity index is 455. The number of hydrogen-bond donors (Lipinski definition) is 1. The number of hydrogen-bond acceptors (Lipinski definition) is 4. The third kappa shape index (κ3) is 2.66. The van der Waals surface area contributed by atoms with E-state index in [-0.39, 0.29) is 5.60 Å². The monoisotopic (exact) mass is 277 g/mol. The van der Waals surface area contributed by atoms with Gasteiger partial charge in [0.1, 0.15) is 11.4 Å². The SMILES string of the molecule is CCNc1nc(C(CC)(CC)OCC)nc2c1CCC2. The molecule has 0 atom stereocenters. The highest BCUT2D eigenvalue weighted by atomic mass is 16.5. The fraction of sp³-hybridized carbons (Fsp3) is 0.750. The molecule has 0 amide bonds. The third-order valence-electron chi connectivity index (χ3n) is 4.25. The number of fused-ring (bicyclic) bond motifs is 1. The Morgan fingerprint density at radius 1 is 1.10 bits per heavy atom. The van der Waals surface area contributed by atoms with Gasteiger partial charge < -0.3 is 10.1 Å². The maximum absolute atomic E-state index is 6.05. The molecule has 4 nitrogen and oxygen atoms in total. The Hall–Kier alpha value is -1.16. The van der Waals surface area contributed by atoms with E-state index in [1.165, 1.54) is 17.7 Å². The van der Waals surface area contributed by atoms with Crippen molar-refractivity contribution < 1.29 is 4.74 Å². The van der Waals surface area contributed by atoms with Crippen molar-refractivity contribution in [2.24, 2.45) is 0 Å². The van der Waals surface area contributed by atoms with Gasteiger partial charge in [0.25, 0.3) is 0 Å². The molecule has 1 N–H and O–H groups in total. The van der Waals surface area contributed by atoms with E-state index in [9.17, 15) is 0 Å². The number of rotatable bonds is 7. The van der Waals surface area contributed by atoms with Gasteiger partial charge in [0.05, 0.1) is 0 Å². The van der Waals surface area contributed by atoms with Crippen molar-refractivity contribution in [3.8, 4) is 0 Å². The molecule has 20 heavy (non-hydrogen) atoms. The van der Waals surface area contributed by atoms with Gasteiger partial charge in [-0.1, -0.05) is 13.8 Å². The van der Waals surface area contributed by atoms with Crippen LogP contribution >= 0.6 is 0 Å². The summed E-state index contributed by atoms with van der Waals surface area (Å²) in [6.07, 6.45) is 5.16. The van der Waals surface area contributed by atoms with Crippen molar-refractivity contribution in [3.05, 3.63) is 17.1 Å². The third-order valence-corrected chi connectivity index (χ3v) is 4.25. The molecule has 1 heterocycles. The second kappa shape index (κ2) is 6.53. The average molecular weight is 277 g/mol. The van der Waals surface area contributed by atoms with Gasteiger partial charge in [0.2, 0.25) is 0 Å². The van der Waals surface area contributed by atoms with Crippen LogP contribution in [0.5, 0.6) is 0 Å². The molecule has 0 unspecified atom stereocenters. The summed E-state index contributed by atoms with van der Waals surface area (Å²) < 4.78 is 6.05. The fourth-order valence-corrected chi connectivity index (χ4v) is 3.06. The molecule has 0 spiro atoms. The summed E-state index contributed by atoms with van der Waals surface area (Å²) in [6.45, 7) is 10.0. The minimum absolute atomic E-state index is 0.337. The zero-order chi connectivity index (χ0) is 14.6. The lowest BCUT2D eigenvalue weighted by Gasteiger charge is -2.30. The molecule has 0 fully saturated rings. The largest absolute Gasteiger partial charge is 0.370 e. The maximum atomic E-state index is 6.05. The number of nitrogens with zero attached hydrogens (tertiary/aromatic N) is 2. The normalized spacial score (nSPS) is 14.4. The lowest BCUT2D eigenvalue weighted by molar-refractivity contribution is -0.0571. The quantitative estimate of drug-likeness (QED) is 0.829. The number of anilines is 1. The molecular weight excluding hydrogens is 250 g/mol. The van der Waals surface area contributed by atoms with Gasteiger partial charge in [-0.3, -0.25) is 0 Å². The summed E-state index contributed by atoms with van der Waals surface area (Å²) in [4.78, 5) is 9.67. The van der Waals surface area contributed by atoms with Gasteiger partial charge in [-0.2, -0.15) is 0 Å². The van der Waals surface area contributed by atoms with Gasteiger partial charge in [-0.05, 0) is 46.0 Å². The summed E-state index contributed by atoms with van der Waals surface area (Å²) in [5, 5.41) is 3.40. The molecule has 4 heteroatoms. The summed E-state index contributed by atoms with van der Waals surface area (Å²) in [5.41, 5.74) is 2.20. The van der Waals surface area contributed by atoms with E-state index in [1.807, 2.05) is 6.92 Å². The predicted octanol–water partition coefficient (Wildman–Crippen LogP) is 3.45. The molecule has 0 aromatic carbocycles. The summed E-state index contributed by atoms with van der Waals surface area (Å²) >= 11 is 0. The van der Waals surface area contributed by atoms with Crippen LogP contribution in [0.15, 0.2) is 0 Å². The van der Waals surface area contributed by atoms with E-state index < -0.39 is 0 Å². The Kier molecular flexibility index (Phi) is 4.97. The van der Waals surface area contributed by atoms with E-state index >= 15 is 0 Å². The van der Waals surface area contributed by atoms with Crippen LogP contribution in [-0.4, -0.2) is 23.1 Å². The smallest absolute Gasteiger partial charge is 0.162 e. The highest BCUT2D eigenvalue weighted by Crippen LogP contribution is 2.34. The van der Waals surface area contributed by atoms with Gasteiger partial charge in [-0.25, -0.2) is 9.97 Å². The van der Waals surface area contributed by atoms with E-state index in [0.717, 1.165) is 43.9 Å². The van der Waals surface area contributed by atoms with Crippen LogP contribution in [0.25, 0.3) is 0 Å². The van der Waals surface area contributed by atoms with Crippen molar-refractivity contribution in [2.75, 3.05) is 18.5 Å². The Morgan fingerprint density at radius 3 is 2.45 bits per heavy atom. The first-order chi connectivity index (χ1) is 9.70. The Morgan fingerprint density at radius 2 is 1.85 bits per heavy atom. The van der Waals surface area contributed by atoms with Crippen molar-refractivity contribution in [2.45, 2.75) is 65.4 Å². The molecule has 1 aliphatic carbocycles. The van der Waals surface area contributed by atoms with E-state index in [4.69, 9.17) is 14.7 Å². The van der Waals surface area contributed by atoms with Crippen LogP contribution < -0.4 is 5.32 Å². The average Bonchev–Trinajstić information content (AvgIpc) is 2.94. The molecule has 1 aromatic heterocycles. The second-order valence-corrected chi connectivity index (χ2v) is 5.34. The molecule has 0 saturated carbocycles. The first-order valence-electron chi connectivity index (χ1n) is 7.98. The minimum atomic E-state index is -0.337. The standard InChI is InChI=1S/C16H27N3O/c1-5-16(6-2,20-8-4)15-18-13-11-9-10-12(13)14(19-15)17-7-3/h5-11H2,1-4H3,(H,17,18,19). The lowest BCUT2D eigenvalue weighted by Crippen LogP contribution is -2.31. The number of aryl methyl sites for hydroxylation is 1. The molecule has 1 aliphatic rings. The van der Waals surface area contributed by atoms with Gasteiger partial charge in [0.15, 0.2) is 5.82 Å². The zero-order valence-corrected chi connectivity index (χ0v) is 13.3. The highest BCUT2D eigenvalue weighted by Gasteiger charge is 2.34. The van der Waals surface area contributed by atoms with Crippen LogP contribution in [-0.2, 0) is 23.2 Å². The van der Waals surface area contributed by atoms with Crippen molar-refractivity contribution >= 4 is 5.82 Å². The zero-order valence-electron chi connectivity index (χ0n) is 13.3. The number of aromatic nitrogens is 2. The second-order valence-electron chi connectivity index (χ2n) is 5.34. The number of nitrogens with one attached hydrogen (secondary N) is 1. The van der Waals surface area contributed by atoms with Crippen LogP contribution in [0.3, 0.4) is 0 Å². The molecule has 0 saturated heterocycles. The molecule has 0 aliphatic heterocycles. The van der Waals surface area contributed by atoms with E-state index in [0.29, 0.717) is 6.61 Å². The molecular formula is C16H27N3O. The summed E-state index contributed by atoms with van der Waals surface area (Å²) in [6, 6.07) is 0.